The molecule has 0 aromatic heterocycles. The van der Waals surface area contributed by atoms with E-state index in [4.69, 9.17) is 4.74 Å². The van der Waals surface area contributed by atoms with Crippen molar-refractivity contribution in [3.05, 3.63) is 0 Å². The fourth-order valence-electron chi connectivity index (χ4n) is 3.59. The summed E-state index contributed by atoms with van der Waals surface area (Å²) < 4.78 is 5.00. The Hall–Kier alpha value is -0.710. The van der Waals surface area contributed by atoms with Crippen molar-refractivity contribution in [2.45, 2.75) is 69.5 Å². The Morgan fingerprint density at radius 3 is 2.33 bits per heavy atom. The number of nitrogens with zero attached hydrogens (tertiary/aromatic N) is 1. The molecule has 21 heavy (non-hydrogen) atoms. The molecular weight excluding hydrogens is 286 g/mol. The minimum Gasteiger partial charge on any atom is -0.467 e. The zero-order valence-corrected chi connectivity index (χ0v) is 14.3. The van der Waals surface area contributed by atoms with Crippen molar-refractivity contribution in [2.75, 3.05) is 7.11 Å². The highest BCUT2D eigenvalue weighted by Crippen LogP contribution is 2.49. The zero-order valence-electron chi connectivity index (χ0n) is 13.5. The highest BCUT2D eigenvalue weighted by molar-refractivity contribution is 8.00. The molecule has 2 rings (SSSR count). The van der Waals surface area contributed by atoms with Gasteiger partial charge >= 0.3 is 5.97 Å². The van der Waals surface area contributed by atoms with Crippen molar-refractivity contribution in [2.24, 2.45) is 11.3 Å². The second kappa shape index (κ2) is 6.59. The normalized spacial score (nSPS) is 31.2. The van der Waals surface area contributed by atoms with Crippen molar-refractivity contribution in [1.29, 1.82) is 0 Å². The Bertz CT molecular complexity index is 387. The highest BCUT2D eigenvalue weighted by atomic mass is 32.2. The molecule has 1 heterocycles. The van der Waals surface area contributed by atoms with Crippen molar-refractivity contribution in [3.63, 3.8) is 0 Å². The second-order valence-electron chi connectivity index (χ2n) is 7.24. The molecule has 1 saturated carbocycles. The third-order valence-corrected chi connectivity index (χ3v) is 6.77. The van der Waals surface area contributed by atoms with E-state index in [0.29, 0.717) is 5.92 Å². The third kappa shape index (κ3) is 3.38. The minimum absolute atomic E-state index is 0.0334. The molecule has 2 fully saturated rings. The quantitative estimate of drug-likeness (QED) is 0.593. The Labute approximate surface area is 132 Å². The van der Waals surface area contributed by atoms with Crippen molar-refractivity contribution >= 4 is 24.1 Å². The van der Waals surface area contributed by atoms with Gasteiger partial charge in [0.25, 0.3) is 0 Å². The number of rotatable bonds is 3. The lowest BCUT2D eigenvalue weighted by Crippen LogP contribution is -2.48. The van der Waals surface area contributed by atoms with Gasteiger partial charge in [0, 0.05) is 5.25 Å². The van der Waals surface area contributed by atoms with Gasteiger partial charge in [-0.1, -0.05) is 40.0 Å². The number of carbonyl (C=O) groups excluding carboxylic acids is 2. The smallest absolute Gasteiger partial charge is 0.329 e. The van der Waals surface area contributed by atoms with E-state index in [-0.39, 0.29) is 22.0 Å². The van der Waals surface area contributed by atoms with Gasteiger partial charge in [-0.15, -0.1) is 11.8 Å². The summed E-state index contributed by atoms with van der Waals surface area (Å²) in [5.74, 6) is 0.250. The molecule has 120 valence electrons. The van der Waals surface area contributed by atoms with E-state index in [1.807, 2.05) is 0 Å². The number of esters is 1. The lowest BCUT2D eigenvalue weighted by atomic mass is 9.84. The molecule has 0 bridgehead atoms. The van der Waals surface area contributed by atoms with E-state index in [1.165, 1.54) is 26.4 Å². The summed E-state index contributed by atoms with van der Waals surface area (Å²) in [7, 11) is 1.42. The molecule has 0 radical (unpaired) electrons. The maximum Gasteiger partial charge on any atom is 0.329 e. The predicted molar refractivity (Wildman–Crippen MR) is 84.9 cm³/mol. The summed E-state index contributed by atoms with van der Waals surface area (Å²) in [5.41, 5.74) is -0.0543. The Morgan fingerprint density at radius 2 is 1.86 bits per heavy atom. The number of ether oxygens (including phenoxy) is 1. The van der Waals surface area contributed by atoms with Crippen LogP contribution in [-0.4, -0.2) is 41.1 Å². The molecule has 4 nitrogen and oxygen atoms in total. The number of hydrogen-bond donors (Lipinski definition) is 0. The molecule has 1 saturated heterocycles. The van der Waals surface area contributed by atoms with E-state index in [1.54, 1.807) is 16.7 Å². The first-order valence-electron chi connectivity index (χ1n) is 7.86. The minimum atomic E-state index is -0.426. The monoisotopic (exact) mass is 313 g/mol. The molecule has 0 N–H and O–H groups in total. The summed E-state index contributed by atoms with van der Waals surface area (Å²) >= 11 is 1.80. The summed E-state index contributed by atoms with van der Waals surface area (Å²) in [6, 6.07) is -0.426. The van der Waals surface area contributed by atoms with Crippen LogP contribution >= 0.6 is 11.8 Å². The molecule has 0 aromatic carbocycles. The standard InChI is InChI=1S/C16H27NO3S/c1-16(2,3)15-17(10-18)12(14(19)20-4)13(21-15)11-8-6-5-7-9-11/h10-13,15H,5-9H2,1-4H3/t12-,13+,15+/m0/s1. The molecule has 1 amide bonds. The number of hydrogen-bond acceptors (Lipinski definition) is 4. The van der Waals surface area contributed by atoms with Gasteiger partial charge in [0.1, 0.15) is 6.04 Å². The van der Waals surface area contributed by atoms with Crippen molar-refractivity contribution in [1.82, 2.24) is 4.90 Å². The van der Waals surface area contributed by atoms with E-state index < -0.39 is 6.04 Å². The molecule has 1 aliphatic carbocycles. The predicted octanol–water partition coefficient (Wildman–Crippen LogP) is 3.05. The maximum atomic E-state index is 12.3. The van der Waals surface area contributed by atoms with Crippen LogP contribution in [0.15, 0.2) is 0 Å². The number of thioether (sulfide) groups is 1. The average Bonchev–Trinajstić information content (AvgIpc) is 2.86. The van der Waals surface area contributed by atoms with Gasteiger partial charge in [0.15, 0.2) is 0 Å². The summed E-state index contributed by atoms with van der Waals surface area (Å²) in [6.45, 7) is 6.37. The number of methoxy groups -OCH3 is 1. The number of carbonyl (C=O) groups is 2. The van der Waals surface area contributed by atoms with Crippen LogP contribution in [0.5, 0.6) is 0 Å². The summed E-state index contributed by atoms with van der Waals surface area (Å²) in [6.07, 6.45) is 6.92. The molecular formula is C16H27NO3S. The van der Waals surface area contributed by atoms with Crippen LogP contribution in [0.3, 0.4) is 0 Å². The van der Waals surface area contributed by atoms with Gasteiger partial charge in [-0.25, -0.2) is 4.79 Å². The lowest BCUT2D eigenvalue weighted by molar-refractivity contribution is -0.150. The van der Waals surface area contributed by atoms with Gasteiger partial charge in [-0.3, -0.25) is 4.79 Å². The van der Waals surface area contributed by atoms with Crippen molar-refractivity contribution in [3.8, 4) is 0 Å². The van der Waals surface area contributed by atoms with Crippen LogP contribution < -0.4 is 0 Å². The van der Waals surface area contributed by atoms with Gasteiger partial charge in [0.05, 0.1) is 12.5 Å². The van der Waals surface area contributed by atoms with Crippen LogP contribution in [0, 0.1) is 11.3 Å². The lowest BCUT2D eigenvalue weighted by Gasteiger charge is -2.33. The fraction of sp³-hybridized carbons (Fsp3) is 0.875. The van der Waals surface area contributed by atoms with E-state index in [2.05, 4.69) is 20.8 Å². The summed E-state index contributed by atoms with van der Waals surface area (Å²) in [4.78, 5) is 25.6. The van der Waals surface area contributed by atoms with Gasteiger partial charge in [-0.2, -0.15) is 0 Å². The second-order valence-corrected chi connectivity index (χ2v) is 8.50. The molecule has 1 aliphatic heterocycles. The molecule has 3 atom stereocenters. The SMILES string of the molecule is COC(=O)[C@@H]1[C@@H](C2CCCCC2)S[C@H](C(C)(C)C)N1C=O. The van der Waals surface area contributed by atoms with Crippen LogP contribution in [0.25, 0.3) is 0 Å². The van der Waals surface area contributed by atoms with Crippen molar-refractivity contribution < 1.29 is 14.3 Å². The highest BCUT2D eigenvalue weighted by Gasteiger charge is 2.52. The molecule has 2 aliphatic rings. The largest absolute Gasteiger partial charge is 0.467 e. The Balaban J connectivity index is 2.28. The zero-order chi connectivity index (χ0) is 15.6. The molecule has 0 aromatic rings. The first kappa shape index (κ1) is 16.7. The first-order chi connectivity index (χ1) is 9.90. The average molecular weight is 313 g/mol. The van der Waals surface area contributed by atoms with Crippen LogP contribution in [0.4, 0.5) is 0 Å². The molecule has 0 unspecified atom stereocenters. The van der Waals surface area contributed by atoms with Gasteiger partial charge in [0.2, 0.25) is 6.41 Å². The Morgan fingerprint density at radius 1 is 1.24 bits per heavy atom. The van der Waals surface area contributed by atoms with E-state index in [0.717, 1.165) is 19.3 Å². The van der Waals surface area contributed by atoms with Crippen LogP contribution in [-0.2, 0) is 14.3 Å². The van der Waals surface area contributed by atoms with E-state index >= 15 is 0 Å². The van der Waals surface area contributed by atoms with E-state index in [9.17, 15) is 9.59 Å². The molecule has 5 heteroatoms. The summed E-state index contributed by atoms with van der Waals surface area (Å²) in [5, 5.41) is 0.207. The van der Waals surface area contributed by atoms with Crippen LogP contribution in [0.2, 0.25) is 0 Å². The van der Waals surface area contributed by atoms with Gasteiger partial charge < -0.3 is 9.64 Å². The Kier molecular flexibility index (Phi) is 5.23. The topological polar surface area (TPSA) is 46.6 Å². The van der Waals surface area contributed by atoms with Crippen LogP contribution in [0.1, 0.15) is 52.9 Å². The first-order valence-corrected chi connectivity index (χ1v) is 8.80. The molecule has 0 spiro atoms. The number of amides is 1. The fourth-order valence-corrected chi connectivity index (χ4v) is 5.51. The maximum absolute atomic E-state index is 12.3. The third-order valence-electron chi connectivity index (χ3n) is 4.61. The van der Waals surface area contributed by atoms with Gasteiger partial charge in [-0.05, 0) is 24.2 Å².